The topological polar surface area (TPSA) is 63.2 Å². The van der Waals surface area contributed by atoms with Crippen LogP contribution in [0.5, 0.6) is 0 Å². The Balaban J connectivity index is 1.38. The number of benzene rings is 1. The molecule has 0 radical (unpaired) electrons. The third-order valence-corrected chi connectivity index (χ3v) is 5.97. The highest BCUT2D eigenvalue weighted by Crippen LogP contribution is 2.29. The summed E-state index contributed by atoms with van der Waals surface area (Å²) in [6, 6.07) is 8.96. The molecule has 5 nitrogen and oxygen atoms in total. The molecule has 0 aliphatic carbocycles. The quantitative estimate of drug-likeness (QED) is 0.303. The first-order valence-electron chi connectivity index (χ1n) is 7.52. The maximum Gasteiger partial charge on any atom is 0.261 e. The number of carbonyl (C=O) groups excluding carboxylic acids is 2. The summed E-state index contributed by atoms with van der Waals surface area (Å²) in [6.07, 6.45) is 2.30. The molecule has 2 amide bonds. The second-order valence-corrected chi connectivity index (χ2v) is 7.32. The van der Waals surface area contributed by atoms with Gasteiger partial charge in [0.2, 0.25) is 0 Å². The summed E-state index contributed by atoms with van der Waals surface area (Å²) in [7, 11) is 0. The van der Waals surface area contributed by atoms with Crippen LogP contribution in [0.1, 0.15) is 27.1 Å². The average Bonchev–Trinajstić information content (AvgIpc) is 3.18. The SMILES string of the molecule is O=C1c2ccccc2C(=O)N1CCCSc1ncnc2ccsc12. The molecular weight excluding hydrogens is 342 g/mol. The van der Waals surface area contributed by atoms with Gasteiger partial charge in [-0.3, -0.25) is 14.5 Å². The molecule has 0 unspecified atom stereocenters. The summed E-state index contributed by atoms with van der Waals surface area (Å²) < 4.78 is 1.09. The zero-order valence-electron chi connectivity index (χ0n) is 12.6. The van der Waals surface area contributed by atoms with E-state index in [2.05, 4.69) is 9.97 Å². The van der Waals surface area contributed by atoms with Crippen LogP contribution in [0.4, 0.5) is 0 Å². The van der Waals surface area contributed by atoms with E-state index >= 15 is 0 Å². The van der Waals surface area contributed by atoms with Gasteiger partial charge in [-0.25, -0.2) is 9.97 Å². The van der Waals surface area contributed by atoms with Crippen LogP contribution in [-0.4, -0.2) is 39.0 Å². The van der Waals surface area contributed by atoms with Crippen molar-refractivity contribution in [2.75, 3.05) is 12.3 Å². The Morgan fingerprint density at radius 2 is 1.79 bits per heavy atom. The van der Waals surface area contributed by atoms with E-state index in [0.717, 1.165) is 27.4 Å². The molecule has 0 fully saturated rings. The van der Waals surface area contributed by atoms with Crippen LogP contribution < -0.4 is 0 Å². The van der Waals surface area contributed by atoms with Gasteiger partial charge in [0.15, 0.2) is 0 Å². The fraction of sp³-hybridized carbons (Fsp3) is 0.176. The summed E-state index contributed by atoms with van der Waals surface area (Å²) in [6.45, 7) is 0.429. The van der Waals surface area contributed by atoms with Gasteiger partial charge in [0.25, 0.3) is 11.8 Å². The van der Waals surface area contributed by atoms with Gasteiger partial charge in [-0.1, -0.05) is 12.1 Å². The van der Waals surface area contributed by atoms with E-state index in [0.29, 0.717) is 17.7 Å². The van der Waals surface area contributed by atoms with Crippen LogP contribution in [0, 0.1) is 0 Å². The molecule has 1 aromatic carbocycles. The second kappa shape index (κ2) is 6.33. The average molecular weight is 355 g/mol. The molecule has 4 rings (SSSR count). The number of hydrogen-bond donors (Lipinski definition) is 0. The molecule has 0 saturated carbocycles. The predicted molar refractivity (Wildman–Crippen MR) is 94.6 cm³/mol. The first-order valence-corrected chi connectivity index (χ1v) is 9.38. The maximum absolute atomic E-state index is 12.3. The van der Waals surface area contributed by atoms with Gasteiger partial charge < -0.3 is 0 Å². The number of thioether (sulfide) groups is 1. The first-order chi connectivity index (χ1) is 11.8. The second-order valence-electron chi connectivity index (χ2n) is 5.32. The molecule has 3 aromatic rings. The van der Waals surface area contributed by atoms with Crippen molar-refractivity contribution < 1.29 is 9.59 Å². The minimum absolute atomic E-state index is 0.191. The Kier molecular flexibility index (Phi) is 4.03. The molecule has 1 aliphatic heterocycles. The van der Waals surface area contributed by atoms with E-state index < -0.39 is 0 Å². The van der Waals surface area contributed by atoms with E-state index in [4.69, 9.17) is 0 Å². The van der Waals surface area contributed by atoms with Gasteiger partial charge in [-0.15, -0.1) is 23.1 Å². The monoisotopic (exact) mass is 355 g/mol. The first kappa shape index (κ1) is 15.3. The molecule has 7 heteroatoms. The van der Waals surface area contributed by atoms with Crippen molar-refractivity contribution in [2.24, 2.45) is 0 Å². The Labute approximate surface area is 146 Å². The van der Waals surface area contributed by atoms with Crippen molar-refractivity contribution in [1.82, 2.24) is 14.9 Å². The smallest absolute Gasteiger partial charge is 0.261 e. The van der Waals surface area contributed by atoms with E-state index in [1.807, 2.05) is 11.4 Å². The van der Waals surface area contributed by atoms with Gasteiger partial charge >= 0.3 is 0 Å². The zero-order valence-corrected chi connectivity index (χ0v) is 14.3. The number of aromatic nitrogens is 2. The van der Waals surface area contributed by atoms with Crippen molar-refractivity contribution in [3.8, 4) is 0 Å². The third-order valence-electron chi connectivity index (χ3n) is 3.85. The Morgan fingerprint density at radius 1 is 1.04 bits per heavy atom. The molecule has 3 heterocycles. The Morgan fingerprint density at radius 3 is 2.54 bits per heavy atom. The minimum atomic E-state index is -0.191. The third kappa shape index (κ3) is 2.59. The Bertz CT molecular complexity index is 903. The van der Waals surface area contributed by atoms with Crippen LogP contribution >= 0.6 is 23.1 Å². The lowest BCUT2D eigenvalue weighted by Gasteiger charge is -2.13. The fourth-order valence-corrected chi connectivity index (χ4v) is 4.58. The normalized spacial score (nSPS) is 13.8. The van der Waals surface area contributed by atoms with Crippen LogP contribution in [0.25, 0.3) is 10.2 Å². The highest BCUT2D eigenvalue weighted by atomic mass is 32.2. The number of nitrogens with zero attached hydrogens (tertiary/aromatic N) is 3. The van der Waals surface area contributed by atoms with Crippen molar-refractivity contribution in [2.45, 2.75) is 11.4 Å². The summed E-state index contributed by atoms with van der Waals surface area (Å²) in [5.41, 5.74) is 1.97. The number of fused-ring (bicyclic) bond motifs is 2. The summed E-state index contributed by atoms with van der Waals surface area (Å²) in [5.74, 6) is 0.406. The van der Waals surface area contributed by atoms with Crippen LogP contribution in [0.3, 0.4) is 0 Å². The van der Waals surface area contributed by atoms with Crippen molar-refractivity contribution in [3.63, 3.8) is 0 Å². The summed E-state index contributed by atoms with van der Waals surface area (Å²) >= 11 is 3.26. The van der Waals surface area contributed by atoms with E-state index in [9.17, 15) is 9.59 Å². The number of imide groups is 1. The largest absolute Gasteiger partial charge is 0.274 e. The molecule has 0 saturated heterocycles. The van der Waals surface area contributed by atoms with Crippen LogP contribution in [0.15, 0.2) is 47.1 Å². The van der Waals surface area contributed by atoms with Gasteiger partial charge in [-0.05, 0) is 30.0 Å². The summed E-state index contributed by atoms with van der Waals surface area (Å²) in [5, 5.41) is 2.96. The van der Waals surface area contributed by atoms with Gasteiger partial charge in [-0.2, -0.15) is 0 Å². The minimum Gasteiger partial charge on any atom is -0.274 e. The molecule has 24 heavy (non-hydrogen) atoms. The zero-order chi connectivity index (χ0) is 16.5. The number of rotatable bonds is 5. The number of amides is 2. The molecule has 0 N–H and O–H groups in total. The maximum atomic E-state index is 12.3. The molecule has 1 aliphatic rings. The lowest BCUT2D eigenvalue weighted by molar-refractivity contribution is 0.0655. The Hall–Kier alpha value is -2.25. The van der Waals surface area contributed by atoms with Gasteiger partial charge in [0, 0.05) is 12.3 Å². The number of thiophene rings is 1. The van der Waals surface area contributed by atoms with E-state index in [-0.39, 0.29) is 11.8 Å². The molecule has 0 spiro atoms. The lowest BCUT2D eigenvalue weighted by Crippen LogP contribution is -2.30. The van der Waals surface area contributed by atoms with Crippen molar-refractivity contribution in [1.29, 1.82) is 0 Å². The molecule has 0 bridgehead atoms. The number of hydrogen-bond acceptors (Lipinski definition) is 6. The fourth-order valence-electron chi connectivity index (χ4n) is 2.70. The van der Waals surface area contributed by atoms with Crippen LogP contribution in [-0.2, 0) is 0 Å². The molecule has 2 aromatic heterocycles. The van der Waals surface area contributed by atoms with Gasteiger partial charge in [0.1, 0.15) is 11.4 Å². The number of carbonyl (C=O) groups is 2. The van der Waals surface area contributed by atoms with Crippen LogP contribution in [0.2, 0.25) is 0 Å². The van der Waals surface area contributed by atoms with E-state index in [1.54, 1.807) is 53.7 Å². The molecule has 120 valence electrons. The van der Waals surface area contributed by atoms with Gasteiger partial charge in [0.05, 0.1) is 21.3 Å². The molecule has 0 atom stereocenters. The van der Waals surface area contributed by atoms with Crippen molar-refractivity contribution in [3.05, 3.63) is 53.2 Å². The van der Waals surface area contributed by atoms with E-state index in [1.165, 1.54) is 4.90 Å². The highest BCUT2D eigenvalue weighted by Gasteiger charge is 2.34. The molecular formula is C17H13N3O2S2. The predicted octanol–water partition coefficient (Wildman–Crippen LogP) is 3.47. The standard InChI is InChI=1S/C17H13N3O2S2/c21-16-11-4-1-2-5-12(11)17(22)20(16)7-3-8-24-15-14-13(6-9-23-14)18-10-19-15/h1-2,4-6,9-10H,3,7-8H2. The summed E-state index contributed by atoms with van der Waals surface area (Å²) in [4.78, 5) is 34.5. The van der Waals surface area contributed by atoms with Crippen molar-refractivity contribution >= 4 is 45.1 Å². The lowest BCUT2D eigenvalue weighted by atomic mass is 10.1. The highest BCUT2D eigenvalue weighted by molar-refractivity contribution is 7.99.